The van der Waals surface area contributed by atoms with Crippen LogP contribution in [0.2, 0.25) is 0 Å². The number of rotatable bonds is 6. The Balaban J connectivity index is 2.51. The Morgan fingerprint density at radius 1 is 1.26 bits per heavy atom. The minimum atomic E-state index is -4.76. The molecular formula is C15H25F3N2O3. The van der Waals surface area contributed by atoms with Crippen molar-refractivity contribution in [1.29, 1.82) is 0 Å². The first-order chi connectivity index (χ1) is 10.7. The molecule has 1 aliphatic heterocycles. The summed E-state index contributed by atoms with van der Waals surface area (Å²) in [4.78, 5) is 25.6. The molecular weight excluding hydrogens is 313 g/mol. The number of piperidine rings is 1. The van der Waals surface area contributed by atoms with Gasteiger partial charge in [-0.15, -0.1) is 0 Å². The third kappa shape index (κ3) is 5.67. The van der Waals surface area contributed by atoms with Crippen molar-refractivity contribution in [3.63, 3.8) is 0 Å². The van der Waals surface area contributed by atoms with Gasteiger partial charge in [-0.25, -0.2) is 0 Å². The summed E-state index contributed by atoms with van der Waals surface area (Å²) in [6, 6.07) is -1.35. The maximum atomic E-state index is 12.5. The molecule has 2 atom stereocenters. The van der Waals surface area contributed by atoms with Crippen molar-refractivity contribution < 1.29 is 27.9 Å². The molecule has 134 valence electrons. The molecule has 0 aromatic heterocycles. The summed E-state index contributed by atoms with van der Waals surface area (Å²) in [6.07, 6.45) is -5.26. The van der Waals surface area contributed by atoms with E-state index in [4.69, 9.17) is 0 Å². The number of likely N-dealkylation sites (tertiary alicyclic amines) is 1. The molecule has 23 heavy (non-hydrogen) atoms. The molecule has 1 fully saturated rings. The molecule has 2 N–H and O–H groups in total. The monoisotopic (exact) mass is 338 g/mol. The number of amides is 2. The van der Waals surface area contributed by atoms with E-state index in [0.29, 0.717) is 32.4 Å². The van der Waals surface area contributed by atoms with E-state index in [2.05, 4.69) is 5.32 Å². The van der Waals surface area contributed by atoms with E-state index < -0.39 is 30.1 Å². The lowest BCUT2D eigenvalue weighted by Gasteiger charge is -2.33. The summed E-state index contributed by atoms with van der Waals surface area (Å²) in [5.41, 5.74) is 0. The lowest BCUT2D eigenvalue weighted by Crippen LogP contribution is -2.52. The second kappa shape index (κ2) is 8.52. The van der Waals surface area contributed by atoms with Gasteiger partial charge in [-0.3, -0.25) is 9.59 Å². The van der Waals surface area contributed by atoms with E-state index in [1.165, 1.54) is 6.92 Å². The second-order valence-electron chi connectivity index (χ2n) is 5.91. The van der Waals surface area contributed by atoms with Gasteiger partial charge in [0.1, 0.15) is 0 Å². The van der Waals surface area contributed by atoms with Crippen LogP contribution in [-0.2, 0) is 9.59 Å². The third-order valence-electron chi connectivity index (χ3n) is 4.17. The zero-order valence-electron chi connectivity index (χ0n) is 13.5. The quantitative estimate of drug-likeness (QED) is 0.776. The largest absolute Gasteiger partial charge is 0.416 e. The van der Waals surface area contributed by atoms with Gasteiger partial charge in [-0.2, -0.15) is 13.2 Å². The summed E-state index contributed by atoms with van der Waals surface area (Å²) in [6.45, 7) is 4.27. The fourth-order valence-electron chi connectivity index (χ4n) is 2.70. The normalized spacial score (nSPS) is 19.3. The van der Waals surface area contributed by atoms with Crippen molar-refractivity contribution in [2.24, 2.45) is 5.92 Å². The van der Waals surface area contributed by atoms with Crippen molar-refractivity contribution >= 4 is 11.8 Å². The molecule has 1 saturated heterocycles. The molecule has 2 amide bonds. The zero-order valence-corrected chi connectivity index (χ0v) is 13.5. The molecule has 0 spiro atoms. The molecule has 1 aliphatic rings. The summed E-state index contributed by atoms with van der Waals surface area (Å²) < 4.78 is 37.6. The van der Waals surface area contributed by atoms with E-state index in [0.717, 1.165) is 6.42 Å². The number of halogens is 3. The lowest BCUT2D eigenvalue weighted by molar-refractivity contribution is -0.212. The van der Waals surface area contributed by atoms with Crippen LogP contribution in [0.3, 0.4) is 0 Å². The van der Waals surface area contributed by atoms with Crippen molar-refractivity contribution in [3.05, 3.63) is 0 Å². The number of aliphatic hydroxyl groups excluding tert-OH is 1. The lowest BCUT2D eigenvalue weighted by atomic mass is 9.94. The number of aliphatic hydroxyl groups is 1. The van der Waals surface area contributed by atoms with Crippen LogP contribution < -0.4 is 5.32 Å². The first-order valence-electron chi connectivity index (χ1n) is 8.03. The molecule has 0 bridgehead atoms. The highest BCUT2D eigenvalue weighted by Gasteiger charge is 2.44. The molecule has 0 aliphatic carbocycles. The number of nitrogens with zero attached hydrogens (tertiary/aromatic N) is 1. The predicted molar refractivity (Wildman–Crippen MR) is 78.5 cm³/mol. The maximum Gasteiger partial charge on any atom is 0.416 e. The molecule has 1 rings (SSSR count). The molecule has 0 saturated carbocycles. The van der Waals surface area contributed by atoms with Gasteiger partial charge in [0.05, 0.1) is 6.04 Å². The topological polar surface area (TPSA) is 69.6 Å². The fraction of sp³-hybridized carbons (Fsp3) is 0.867. The Labute approximate surface area is 134 Å². The number of nitrogens with one attached hydrogen (secondary N) is 1. The SMILES string of the molecule is CCCC(=O)N1CCC(C(=O)N[C@H](CC)[C@H](O)C(F)(F)F)CC1. The highest BCUT2D eigenvalue weighted by molar-refractivity contribution is 5.80. The van der Waals surface area contributed by atoms with Gasteiger partial charge < -0.3 is 15.3 Å². The van der Waals surface area contributed by atoms with Crippen LogP contribution in [-0.4, -0.2) is 53.2 Å². The Bertz CT molecular complexity index is 407. The van der Waals surface area contributed by atoms with Crippen LogP contribution in [0.1, 0.15) is 46.0 Å². The van der Waals surface area contributed by atoms with E-state index in [-0.39, 0.29) is 12.3 Å². The van der Waals surface area contributed by atoms with Gasteiger partial charge in [0.25, 0.3) is 0 Å². The van der Waals surface area contributed by atoms with Gasteiger partial charge in [-0.05, 0) is 25.7 Å². The van der Waals surface area contributed by atoms with Crippen LogP contribution in [0.5, 0.6) is 0 Å². The van der Waals surface area contributed by atoms with Crippen LogP contribution >= 0.6 is 0 Å². The van der Waals surface area contributed by atoms with Crippen molar-refractivity contribution in [3.8, 4) is 0 Å². The smallest absolute Gasteiger partial charge is 0.382 e. The molecule has 8 heteroatoms. The van der Waals surface area contributed by atoms with Crippen molar-refractivity contribution in [2.45, 2.75) is 64.3 Å². The average molecular weight is 338 g/mol. The number of hydrogen-bond donors (Lipinski definition) is 2. The Kier molecular flexibility index (Phi) is 7.31. The Morgan fingerprint density at radius 2 is 1.83 bits per heavy atom. The molecule has 0 aromatic rings. The van der Waals surface area contributed by atoms with Crippen molar-refractivity contribution in [2.75, 3.05) is 13.1 Å². The average Bonchev–Trinajstić information content (AvgIpc) is 2.51. The molecule has 5 nitrogen and oxygen atoms in total. The standard InChI is InChI=1S/C15H25F3N2O3/c1-3-5-12(21)20-8-6-10(7-9-20)14(23)19-11(4-2)13(22)15(16,17)18/h10-11,13,22H,3-9H2,1-2H3,(H,19,23)/t11-,13+/m1/s1. The zero-order chi connectivity index (χ0) is 17.6. The maximum absolute atomic E-state index is 12.5. The number of hydrogen-bond acceptors (Lipinski definition) is 3. The summed E-state index contributed by atoms with van der Waals surface area (Å²) in [7, 11) is 0. The van der Waals surface area contributed by atoms with Crippen molar-refractivity contribution in [1.82, 2.24) is 10.2 Å². The van der Waals surface area contributed by atoms with Crippen LogP contribution in [0.15, 0.2) is 0 Å². The first kappa shape index (κ1) is 19.7. The summed E-state index contributed by atoms with van der Waals surface area (Å²) >= 11 is 0. The molecule has 0 radical (unpaired) electrons. The highest BCUT2D eigenvalue weighted by Crippen LogP contribution is 2.25. The Hall–Kier alpha value is -1.31. The molecule has 1 heterocycles. The fourth-order valence-corrected chi connectivity index (χ4v) is 2.70. The highest BCUT2D eigenvalue weighted by atomic mass is 19.4. The van der Waals surface area contributed by atoms with E-state index in [9.17, 15) is 27.9 Å². The summed E-state index contributed by atoms with van der Waals surface area (Å²) in [5, 5.41) is 11.6. The summed E-state index contributed by atoms with van der Waals surface area (Å²) in [5.74, 6) is -0.858. The Morgan fingerprint density at radius 3 is 2.26 bits per heavy atom. The van der Waals surface area contributed by atoms with E-state index in [1.807, 2.05) is 6.92 Å². The number of carbonyl (C=O) groups excluding carboxylic acids is 2. The second-order valence-corrected chi connectivity index (χ2v) is 5.91. The van der Waals surface area contributed by atoms with Gasteiger partial charge in [0.15, 0.2) is 6.10 Å². The molecule has 0 aromatic carbocycles. The van der Waals surface area contributed by atoms with Gasteiger partial charge in [0, 0.05) is 25.4 Å². The van der Waals surface area contributed by atoms with Crippen LogP contribution in [0.25, 0.3) is 0 Å². The van der Waals surface area contributed by atoms with Crippen LogP contribution in [0, 0.1) is 5.92 Å². The molecule has 0 unspecified atom stereocenters. The van der Waals surface area contributed by atoms with E-state index >= 15 is 0 Å². The first-order valence-corrected chi connectivity index (χ1v) is 8.03. The van der Waals surface area contributed by atoms with Gasteiger partial charge in [-0.1, -0.05) is 13.8 Å². The number of carbonyl (C=O) groups is 2. The van der Waals surface area contributed by atoms with Gasteiger partial charge in [0.2, 0.25) is 11.8 Å². The van der Waals surface area contributed by atoms with Gasteiger partial charge >= 0.3 is 6.18 Å². The minimum absolute atomic E-state index is 0.0136. The third-order valence-corrected chi connectivity index (χ3v) is 4.17. The minimum Gasteiger partial charge on any atom is -0.382 e. The predicted octanol–water partition coefficient (Wildman–Crippen LogP) is 1.84. The van der Waals surface area contributed by atoms with Crippen LogP contribution in [0.4, 0.5) is 13.2 Å². The van der Waals surface area contributed by atoms with E-state index in [1.54, 1.807) is 4.90 Å². The number of alkyl halides is 3.